The third-order valence-electron chi connectivity index (χ3n) is 7.62. The Morgan fingerprint density at radius 1 is 0.946 bits per heavy atom. The number of hydrogen-bond acceptors (Lipinski definition) is 5. The maximum absolute atomic E-state index is 13.9. The van der Waals surface area contributed by atoms with Crippen molar-refractivity contribution in [2.45, 2.75) is 35.9 Å². The zero-order chi connectivity index (χ0) is 25.8. The fourth-order valence-electron chi connectivity index (χ4n) is 6.01. The van der Waals surface area contributed by atoms with Crippen molar-refractivity contribution >= 4 is 21.8 Å². The summed E-state index contributed by atoms with van der Waals surface area (Å²) in [5, 5.41) is 0. The molecular weight excluding hydrogens is 486 g/mol. The molecule has 1 spiro atoms. The van der Waals surface area contributed by atoms with Crippen molar-refractivity contribution in [1.82, 2.24) is 4.31 Å². The lowest BCUT2D eigenvalue weighted by Crippen LogP contribution is -2.47. The van der Waals surface area contributed by atoms with Crippen LogP contribution in [0.25, 0.3) is 5.76 Å². The molecule has 7 heteroatoms. The van der Waals surface area contributed by atoms with Crippen LogP contribution in [0.5, 0.6) is 0 Å². The zero-order valence-corrected chi connectivity index (χ0v) is 21.4. The summed E-state index contributed by atoms with van der Waals surface area (Å²) in [6.07, 6.45) is 3.50. The third-order valence-corrected chi connectivity index (χ3v) is 9.43. The van der Waals surface area contributed by atoms with Gasteiger partial charge in [-0.1, -0.05) is 90.5 Å². The molecule has 6 rings (SSSR count). The van der Waals surface area contributed by atoms with Gasteiger partial charge in [-0.05, 0) is 24.6 Å². The number of hydrogen-bond donors (Lipinski definition) is 0. The molecule has 37 heavy (non-hydrogen) atoms. The molecule has 0 unspecified atom stereocenters. The van der Waals surface area contributed by atoms with Gasteiger partial charge < -0.3 is 9.47 Å². The molecule has 6 nitrogen and oxygen atoms in total. The van der Waals surface area contributed by atoms with Crippen LogP contribution in [0.4, 0.5) is 0 Å². The predicted octanol–water partition coefficient (Wildman–Crippen LogP) is 4.62. The van der Waals surface area contributed by atoms with Crippen LogP contribution in [0.15, 0.2) is 108 Å². The number of sulfonamides is 1. The van der Waals surface area contributed by atoms with Crippen molar-refractivity contribution in [3.63, 3.8) is 0 Å². The first-order valence-corrected chi connectivity index (χ1v) is 13.7. The highest BCUT2D eigenvalue weighted by Crippen LogP contribution is 2.62. The topological polar surface area (TPSA) is 72.9 Å². The quantitative estimate of drug-likeness (QED) is 0.283. The van der Waals surface area contributed by atoms with Crippen LogP contribution in [0.1, 0.15) is 23.6 Å². The Kier molecular flexibility index (Phi) is 5.49. The van der Waals surface area contributed by atoms with Crippen LogP contribution in [-0.2, 0) is 29.7 Å². The Bertz CT molecular complexity index is 1530. The lowest BCUT2D eigenvalue weighted by molar-refractivity contribution is -0.134. The van der Waals surface area contributed by atoms with Gasteiger partial charge >= 0.3 is 5.97 Å². The van der Waals surface area contributed by atoms with Crippen molar-refractivity contribution in [2.24, 2.45) is 0 Å². The zero-order valence-electron chi connectivity index (χ0n) is 20.6. The predicted molar refractivity (Wildman–Crippen MR) is 140 cm³/mol. The first-order valence-electron chi connectivity index (χ1n) is 12.2. The first-order chi connectivity index (χ1) is 17.8. The Morgan fingerprint density at radius 3 is 2.24 bits per heavy atom. The minimum Gasteiger partial charge on any atom is -0.426 e. The Labute approximate surface area is 216 Å². The van der Waals surface area contributed by atoms with E-state index in [2.05, 4.69) is 0 Å². The van der Waals surface area contributed by atoms with Gasteiger partial charge in [0, 0.05) is 31.1 Å². The number of benzene rings is 3. The molecule has 3 aliphatic heterocycles. The Balaban J connectivity index is 1.60. The number of rotatable bonds is 5. The van der Waals surface area contributed by atoms with Gasteiger partial charge in [-0.2, -0.15) is 4.31 Å². The van der Waals surface area contributed by atoms with E-state index in [9.17, 15) is 13.2 Å². The highest BCUT2D eigenvalue weighted by atomic mass is 32.2. The summed E-state index contributed by atoms with van der Waals surface area (Å²) in [5.74, 6) is -0.0275. The van der Waals surface area contributed by atoms with Crippen molar-refractivity contribution in [3.8, 4) is 0 Å². The number of fused-ring (bicyclic) bond motifs is 1. The maximum Gasteiger partial charge on any atom is 0.308 e. The number of esters is 1. The molecule has 3 aromatic carbocycles. The average molecular weight is 514 g/mol. The summed E-state index contributed by atoms with van der Waals surface area (Å²) in [7, 11) is -3.82. The van der Waals surface area contributed by atoms with Gasteiger partial charge in [0.25, 0.3) is 0 Å². The second-order valence-corrected chi connectivity index (χ2v) is 11.8. The molecule has 3 heterocycles. The highest BCUT2D eigenvalue weighted by Gasteiger charge is 2.71. The number of carbonyl (C=O) groups is 1. The molecule has 0 saturated carbocycles. The van der Waals surface area contributed by atoms with E-state index in [0.717, 1.165) is 22.3 Å². The Hall–Kier alpha value is -3.52. The van der Waals surface area contributed by atoms with E-state index in [4.69, 9.17) is 9.47 Å². The second kappa shape index (κ2) is 8.52. The van der Waals surface area contributed by atoms with Crippen molar-refractivity contribution < 1.29 is 22.7 Å². The monoisotopic (exact) mass is 513 g/mol. The van der Waals surface area contributed by atoms with Crippen LogP contribution >= 0.6 is 0 Å². The standard InChI is InChI=1S/C30H27NO5S/c1-21-13-15-25(16-14-21)37(33,34)31-19-29-18-17-26(36-29)27(30(29,20-31)24-11-7-4-8-12-24)28(35-22(2)32)23-9-5-3-6-10-23/h3-18,26H,19-20H2,1-2H3/b28-27+/t26-,29-,30+/m0/s1. The lowest BCUT2D eigenvalue weighted by Gasteiger charge is -2.38. The molecule has 2 bridgehead atoms. The van der Waals surface area contributed by atoms with Crippen LogP contribution < -0.4 is 0 Å². The smallest absolute Gasteiger partial charge is 0.308 e. The fourth-order valence-corrected chi connectivity index (χ4v) is 7.52. The van der Waals surface area contributed by atoms with E-state index in [0.29, 0.717) is 5.76 Å². The van der Waals surface area contributed by atoms with Gasteiger partial charge in [0.05, 0.1) is 10.3 Å². The summed E-state index contributed by atoms with van der Waals surface area (Å²) in [6, 6.07) is 26.2. The molecule has 3 aliphatic rings. The number of aryl methyl sites for hydroxylation is 1. The van der Waals surface area contributed by atoms with Crippen LogP contribution in [0.3, 0.4) is 0 Å². The van der Waals surface area contributed by atoms with Gasteiger partial charge in [-0.25, -0.2) is 8.42 Å². The normalized spacial score (nSPS) is 27.8. The van der Waals surface area contributed by atoms with Gasteiger partial charge in [0.2, 0.25) is 10.0 Å². The number of nitrogens with zero attached hydrogens (tertiary/aromatic N) is 1. The van der Waals surface area contributed by atoms with Crippen molar-refractivity contribution in [1.29, 1.82) is 0 Å². The van der Waals surface area contributed by atoms with Crippen LogP contribution in [0.2, 0.25) is 0 Å². The summed E-state index contributed by atoms with van der Waals surface area (Å²) in [5.41, 5.74) is 1.59. The molecule has 2 saturated heterocycles. The molecule has 3 atom stereocenters. The van der Waals surface area contributed by atoms with E-state index in [-0.39, 0.29) is 18.0 Å². The van der Waals surface area contributed by atoms with E-state index in [1.807, 2.05) is 79.7 Å². The minimum atomic E-state index is -3.82. The van der Waals surface area contributed by atoms with E-state index in [1.165, 1.54) is 11.2 Å². The highest BCUT2D eigenvalue weighted by molar-refractivity contribution is 7.89. The summed E-state index contributed by atoms with van der Waals surface area (Å²) < 4.78 is 41.8. The van der Waals surface area contributed by atoms with Crippen molar-refractivity contribution in [2.75, 3.05) is 13.1 Å². The number of carbonyl (C=O) groups excluding carboxylic acids is 1. The van der Waals surface area contributed by atoms with Gasteiger partial charge in [-0.3, -0.25) is 4.79 Å². The van der Waals surface area contributed by atoms with Crippen LogP contribution in [-0.4, -0.2) is 43.5 Å². The Morgan fingerprint density at radius 2 is 1.59 bits per heavy atom. The van der Waals surface area contributed by atoms with E-state index in [1.54, 1.807) is 24.3 Å². The second-order valence-electron chi connectivity index (χ2n) is 9.85. The summed E-state index contributed by atoms with van der Waals surface area (Å²) in [4.78, 5) is 12.6. The molecule has 3 aromatic rings. The fraction of sp³-hybridized carbons (Fsp3) is 0.233. The molecule has 0 amide bonds. The van der Waals surface area contributed by atoms with Gasteiger partial charge in [-0.15, -0.1) is 0 Å². The molecule has 188 valence electrons. The lowest BCUT2D eigenvalue weighted by atomic mass is 9.62. The van der Waals surface area contributed by atoms with E-state index < -0.39 is 33.1 Å². The first kappa shape index (κ1) is 23.9. The number of ether oxygens (including phenoxy) is 2. The minimum absolute atomic E-state index is 0.150. The maximum atomic E-state index is 13.9. The van der Waals surface area contributed by atoms with E-state index >= 15 is 0 Å². The SMILES string of the molecule is CC(=O)O/C(=C1\[C@@H]2C=C[C@@]3(CN(S(=O)(=O)c4ccc(C)cc4)C[C@@]13c1ccccc1)O2)c1ccccc1. The van der Waals surface area contributed by atoms with Crippen molar-refractivity contribution in [3.05, 3.63) is 119 Å². The molecule has 2 fully saturated rings. The largest absolute Gasteiger partial charge is 0.426 e. The molecule has 0 radical (unpaired) electrons. The average Bonchev–Trinajstić information content (AvgIpc) is 3.55. The summed E-state index contributed by atoms with van der Waals surface area (Å²) in [6.45, 7) is 3.60. The molecule has 0 N–H and O–H groups in total. The van der Waals surface area contributed by atoms with Gasteiger partial charge in [0.1, 0.15) is 17.5 Å². The molecule has 0 aromatic heterocycles. The van der Waals surface area contributed by atoms with Gasteiger partial charge in [0.15, 0.2) is 0 Å². The van der Waals surface area contributed by atoms with Crippen LogP contribution in [0, 0.1) is 6.92 Å². The molecular formula is C30H27NO5S. The molecule has 0 aliphatic carbocycles. The third kappa shape index (κ3) is 3.53. The summed E-state index contributed by atoms with van der Waals surface area (Å²) >= 11 is 0.